The van der Waals surface area contributed by atoms with Gasteiger partial charge in [-0.25, -0.2) is 0 Å². The number of nitrogens with zero attached hydrogens (tertiary/aromatic N) is 1. The van der Waals surface area contributed by atoms with Gasteiger partial charge in [0.1, 0.15) is 0 Å². The van der Waals surface area contributed by atoms with E-state index in [-0.39, 0.29) is 0 Å². The number of hydrogen-bond acceptors (Lipinski definition) is 2. The van der Waals surface area contributed by atoms with E-state index in [0.717, 1.165) is 36.1 Å². The fourth-order valence-electron chi connectivity index (χ4n) is 1.69. The zero-order chi connectivity index (χ0) is 12.1. The van der Waals surface area contributed by atoms with Gasteiger partial charge in [0.05, 0.1) is 0 Å². The van der Waals surface area contributed by atoms with Gasteiger partial charge in [0.25, 0.3) is 0 Å². The van der Waals surface area contributed by atoms with Gasteiger partial charge in [-0.1, -0.05) is 25.5 Å². The third-order valence-corrected chi connectivity index (χ3v) is 2.76. The van der Waals surface area contributed by atoms with Crippen LogP contribution in [0.5, 0.6) is 0 Å². The van der Waals surface area contributed by atoms with Crippen LogP contribution in [0, 0.1) is 12.8 Å². The standard InChI is InChI=1S/C14H21NO/c1-11(2)7-8-15(4)14-6-5-12(3)9-13(14)10-16/h5-6,9-11H,7-8H2,1-4H3. The van der Waals surface area contributed by atoms with Crippen LogP contribution in [0.15, 0.2) is 18.2 Å². The molecule has 0 N–H and O–H groups in total. The number of aldehydes is 1. The Hall–Kier alpha value is -1.31. The minimum absolute atomic E-state index is 0.688. The Labute approximate surface area is 98.3 Å². The van der Waals surface area contributed by atoms with Crippen molar-refractivity contribution in [3.8, 4) is 0 Å². The van der Waals surface area contributed by atoms with Crippen molar-refractivity contribution in [3.63, 3.8) is 0 Å². The first-order valence-electron chi connectivity index (χ1n) is 5.81. The summed E-state index contributed by atoms with van der Waals surface area (Å²) in [6.07, 6.45) is 2.08. The predicted molar refractivity (Wildman–Crippen MR) is 69.3 cm³/mol. The number of hydrogen-bond donors (Lipinski definition) is 0. The van der Waals surface area contributed by atoms with Gasteiger partial charge in [-0.15, -0.1) is 0 Å². The quantitative estimate of drug-likeness (QED) is 0.708. The summed E-state index contributed by atoms with van der Waals surface area (Å²) in [4.78, 5) is 13.2. The fraction of sp³-hybridized carbons (Fsp3) is 0.500. The second-order valence-electron chi connectivity index (χ2n) is 4.78. The van der Waals surface area contributed by atoms with E-state index in [1.807, 2.05) is 32.2 Å². The number of benzene rings is 1. The topological polar surface area (TPSA) is 20.3 Å². The first kappa shape index (κ1) is 12.8. The van der Waals surface area contributed by atoms with Crippen LogP contribution in [0.2, 0.25) is 0 Å². The van der Waals surface area contributed by atoms with E-state index in [0.29, 0.717) is 5.92 Å². The van der Waals surface area contributed by atoms with Crippen molar-refractivity contribution >= 4 is 12.0 Å². The van der Waals surface area contributed by atoms with Crippen LogP contribution in [0.25, 0.3) is 0 Å². The third-order valence-electron chi connectivity index (χ3n) is 2.76. The van der Waals surface area contributed by atoms with E-state index >= 15 is 0 Å². The molecule has 1 rings (SSSR count). The molecule has 0 saturated carbocycles. The lowest BCUT2D eigenvalue weighted by atomic mass is 10.1. The van der Waals surface area contributed by atoms with Crippen LogP contribution in [-0.4, -0.2) is 19.9 Å². The molecule has 1 aromatic rings. The van der Waals surface area contributed by atoms with Crippen LogP contribution in [-0.2, 0) is 0 Å². The van der Waals surface area contributed by atoms with Gasteiger partial charge >= 0.3 is 0 Å². The van der Waals surface area contributed by atoms with Gasteiger partial charge in [0, 0.05) is 24.8 Å². The molecule has 1 aromatic carbocycles. The molecule has 0 spiro atoms. The largest absolute Gasteiger partial charge is 0.374 e. The molecule has 0 unspecified atom stereocenters. The van der Waals surface area contributed by atoms with Gasteiger partial charge in [0.15, 0.2) is 6.29 Å². The van der Waals surface area contributed by atoms with Gasteiger partial charge in [-0.05, 0) is 31.4 Å². The molecule has 0 aliphatic rings. The highest BCUT2D eigenvalue weighted by Crippen LogP contribution is 2.20. The minimum Gasteiger partial charge on any atom is -0.374 e. The van der Waals surface area contributed by atoms with Crippen LogP contribution < -0.4 is 4.90 Å². The van der Waals surface area contributed by atoms with Crippen LogP contribution >= 0.6 is 0 Å². The van der Waals surface area contributed by atoms with Crippen LogP contribution in [0.3, 0.4) is 0 Å². The molecular formula is C14H21NO. The van der Waals surface area contributed by atoms with Crippen molar-refractivity contribution in [3.05, 3.63) is 29.3 Å². The molecule has 0 saturated heterocycles. The summed E-state index contributed by atoms with van der Waals surface area (Å²) in [7, 11) is 2.04. The van der Waals surface area contributed by atoms with E-state index in [4.69, 9.17) is 0 Å². The first-order chi connectivity index (χ1) is 7.54. The van der Waals surface area contributed by atoms with Crippen molar-refractivity contribution in [2.75, 3.05) is 18.5 Å². The molecule has 88 valence electrons. The molecule has 0 bridgehead atoms. The smallest absolute Gasteiger partial charge is 0.152 e. The summed E-state index contributed by atoms with van der Waals surface area (Å²) < 4.78 is 0. The molecule has 0 heterocycles. The summed E-state index contributed by atoms with van der Waals surface area (Å²) in [5.41, 5.74) is 2.94. The first-order valence-corrected chi connectivity index (χ1v) is 5.81. The summed E-state index contributed by atoms with van der Waals surface area (Å²) >= 11 is 0. The molecular weight excluding hydrogens is 198 g/mol. The van der Waals surface area contributed by atoms with Gasteiger partial charge < -0.3 is 4.90 Å². The monoisotopic (exact) mass is 219 g/mol. The summed E-state index contributed by atoms with van der Waals surface area (Å²) in [6.45, 7) is 7.42. The minimum atomic E-state index is 0.688. The Morgan fingerprint density at radius 1 is 1.38 bits per heavy atom. The number of carbonyl (C=O) groups excluding carboxylic acids is 1. The van der Waals surface area contributed by atoms with Gasteiger partial charge in [-0.3, -0.25) is 4.79 Å². The number of aryl methyl sites for hydroxylation is 1. The maximum Gasteiger partial charge on any atom is 0.152 e. The second kappa shape index (κ2) is 5.69. The second-order valence-corrected chi connectivity index (χ2v) is 4.78. The summed E-state index contributed by atoms with van der Waals surface area (Å²) in [5.74, 6) is 0.688. The lowest BCUT2D eigenvalue weighted by Crippen LogP contribution is -2.21. The van der Waals surface area contributed by atoms with Crippen molar-refractivity contribution < 1.29 is 4.79 Å². The zero-order valence-corrected chi connectivity index (χ0v) is 10.7. The van der Waals surface area contributed by atoms with Gasteiger partial charge in [0.2, 0.25) is 0 Å². The molecule has 0 fully saturated rings. The number of anilines is 1. The van der Waals surface area contributed by atoms with E-state index in [9.17, 15) is 4.79 Å². The SMILES string of the molecule is Cc1ccc(N(C)CCC(C)C)c(C=O)c1. The normalized spacial score (nSPS) is 10.6. The van der Waals surface area contributed by atoms with Crippen molar-refractivity contribution in [2.45, 2.75) is 27.2 Å². The molecule has 0 amide bonds. The number of rotatable bonds is 5. The Morgan fingerprint density at radius 2 is 2.06 bits per heavy atom. The van der Waals surface area contributed by atoms with Crippen molar-refractivity contribution in [1.29, 1.82) is 0 Å². The van der Waals surface area contributed by atoms with Gasteiger partial charge in [-0.2, -0.15) is 0 Å². The molecule has 16 heavy (non-hydrogen) atoms. The lowest BCUT2D eigenvalue weighted by molar-refractivity contribution is 0.112. The van der Waals surface area contributed by atoms with E-state index in [2.05, 4.69) is 18.7 Å². The Bertz CT molecular complexity index is 358. The van der Waals surface area contributed by atoms with E-state index < -0.39 is 0 Å². The highest BCUT2D eigenvalue weighted by atomic mass is 16.1. The molecule has 0 aliphatic heterocycles. The maximum atomic E-state index is 11.0. The average molecular weight is 219 g/mol. The Balaban J connectivity index is 2.81. The summed E-state index contributed by atoms with van der Waals surface area (Å²) in [6, 6.07) is 6.02. The molecule has 0 atom stereocenters. The molecule has 2 heteroatoms. The summed E-state index contributed by atoms with van der Waals surface area (Å²) in [5, 5.41) is 0. The third kappa shape index (κ3) is 3.37. The molecule has 0 aliphatic carbocycles. The maximum absolute atomic E-state index is 11.0. The Kier molecular flexibility index (Phi) is 4.53. The van der Waals surface area contributed by atoms with E-state index in [1.54, 1.807) is 0 Å². The fourth-order valence-corrected chi connectivity index (χ4v) is 1.69. The Morgan fingerprint density at radius 3 is 2.62 bits per heavy atom. The molecule has 2 nitrogen and oxygen atoms in total. The predicted octanol–water partition coefficient (Wildman–Crippen LogP) is 3.29. The highest BCUT2D eigenvalue weighted by Gasteiger charge is 2.07. The molecule has 0 radical (unpaired) electrons. The molecule has 0 aromatic heterocycles. The lowest BCUT2D eigenvalue weighted by Gasteiger charge is -2.22. The van der Waals surface area contributed by atoms with E-state index in [1.165, 1.54) is 0 Å². The highest BCUT2D eigenvalue weighted by molar-refractivity contribution is 5.84. The number of carbonyl (C=O) groups is 1. The van der Waals surface area contributed by atoms with Crippen LogP contribution in [0.4, 0.5) is 5.69 Å². The van der Waals surface area contributed by atoms with Crippen LogP contribution in [0.1, 0.15) is 36.2 Å². The van der Waals surface area contributed by atoms with Crippen molar-refractivity contribution in [1.82, 2.24) is 0 Å². The zero-order valence-electron chi connectivity index (χ0n) is 10.7. The average Bonchev–Trinajstić information content (AvgIpc) is 2.25. The van der Waals surface area contributed by atoms with Crippen molar-refractivity contribution in [2.24, 2.45) is 5.92 Å².